The Hall–Kier alpha value is -3.27. The van der Waals surface area contributed by atoms with E-state index in [9.17, 15) is 14.4 Å². The van der Waals surface area contributed by atoms with Gasteiger partial charge in [0.1, 0.15) is 13.2 Å². The molecular formula is C28H24BrClN2O5S. The SMILES string of the molecule is COc1cc(/C=C2/SC(=O)N(CC(=O)Nc3c(C)cccc3C)C2=O)cc(Br)c1OCc1ccccc1Cl. The Morgan fingerprint density at radius 3 is 2.50 bits per heavy atom. The fourth-order valence-corrected chi connectivity index (χ4v) is 5.45. The monoisotopic (exact) mass is 614 g/mol. The Morgan fingerprint density at radius 1 is 1.11 bits per heavy atom. The quantitative estimate of drug-likeness (QED) is 0.275. The summed E-state index contributed by atoms with van der Waals surface area (Å²) in [7, 11) is 1.51. The second-order valence-corrected chi connectivity index (χ2v) is 10.8. The third-order valence-electron chi connectivity index (χ3n) is 5.80. The van der Waals surface area contributed by atoms with E-state index >= 15 is 0 Å². The van der Waals surface area contributed by atoms with Crippen LogP contribution in [0, 0.1) is 13.8 Å². The molecule has 1 aliphatic rings. The first-order valence-electron chi connectivity index (χ1n) is 11.5. The number of halogens is 2. The Bertz CT molecular complexity index is 1440. The highest BCUT2D eigenvalue weighted by Crippen LogP contribution is 2.39. The molecule has 4 rings (SSSR count). The predicted octanol–water partition coefficient (Wildman–Crippen LogP) is 6.98. The molecule has 7 nitrogen and oxygen atoms in total. The molecule has 0 unspecified atom stereocenters. The second-order valence-electron chi connectivity index (χ2n) is 8.50. The molecule has 196 valence electrons. The van der Waals surface area contributed by atoms with Crippen LogP contribution < -0.4 is 14.8 Å². The number of nitrogens with one attached hydrogen (secondary N) is 1. The normalized spacial score (nSPS) is 14.2. The van der Waals surface area contributed by atoms with Crippen LogP contribution in [0.2, 0.25) is 5.02 Å². The van der Waals surface area contributed by atoms with E-state index in [-0.39, 0.29) is 18.1 Å². The molecule has 1 aliphatic heterocycles. The minimum Gasteiger partial charge on any atom is -0.493 e. The summed E-state index contributed by atoms with van der Waals surface area (Å²) in [5.41, 5.74) is 3.90. The van der Waals surface area contributed by atoms with Gasteiger partial charge >= 0.3 is 0 Å². The summed E-state index contributed by atoms with van der Waals surface area (Å²) in [6, 6.07) is 16.5. The van der Waals surface area contributed by atoms with E-state index in [0.29, 0.717) is 32.2 Å². The summed E-state index contributed by atoms with van der Waals surface area (Å²) < 4.78 is 12.1. The van der Waals surface area contributed by atoms with Crippen molar-refractivity contribution in [2.45, 2.75) is 20.5 Å². The van der Waals surface area contributed by atoms with Crippen molar-refractivity contribution in [2.75, 3.05) is 19.0 Å². The molecule has 1 fully saturated rings. The molecule has 0 radical (unpaired) electrons. The fraction of sp³-hybridized carbons (Fsp3) is 0.179. The number of aryl methyl sites for hydroxylation is 2. The lowest BCUT2D eigenvalue weighted by molar-refractivity contribution is -0.127. The van der Waals surface area contributed by atoms with Gasteiger partial charge in [0.2, 0.25) is 5.91 Å². The molecule has 1 N–H and O–H groups in total. The highest BCUT2D eigenvalue weighted by molar-refractivity contribution is 9.10. The number of anilines is 1. The van der Waals surface area contributed by atoms with Crippen molar-refractivity contribution in [2.24, 2.45) is 0 Å². The van der Waals surface area contributed by atoms with Gasteiger partial charge in [-0.25, -0.2) is 0 Å². The highest BCUT2D eigenvalue weighted by Gasteiger charge is 2.36. The van der Waals surface area contributed by atoms with Gasteiger partial charge in [-0.3, -0.25) is 19.3 Å². The van der Waals surface area contributed by atoms with Crippen molar-refractivity contribution in [3.63, 3.8) is 0 Å². The van der Waals surface area contributed by atoms with Crippen LogP contribution in [0.4, 0.5) is 10.5 Å². The van der Waals surface area contributed by atoms with Gasteiger partial charge in [0, 0.05) is 16.3 Å². The molecule has 0 aromatic heterocycles. The van der Waals surface area contributed by atoms with E-state index in [4.69, 9.17) is 21.1 Å². The van der Waals surface area contributed by atoms with Gasteiger partial charge in [-0.05, 0) is 82.5 Å². The first-order chi connectivity index (χ1) is 18.2. The van der Waals surface area contributed by atoms with Crippen LogP contribution in [0.5, 0.6) is 11.5 Å². The molecule has 3 aromatic rings. The van der Waals surface area contributed by atoms with E-state index in [1.807, 2.05) is 50.2 Å². The Balaban J connectivity index is 1.49. The fourth-order valence-electron chi connectivity index (χ4n) is 3.85. The summed E-state index contributed by atoms with van der Waals surface area (Å²) in [4.78, 5) is 39.4. The van der Waals surface area contributed by atoms with Crippen LogP contribution in [-0.4, -0.2) is 35.6 Å². The van der Waals surface area contributed by atoms with Gasteiger partial charge in [0.25, 0.3) is 11.1 Å². The molecule has 38 heavy (non-hydrogen) atoms. The predicted molar refractivity (Wildman–Crippen MR) is 154 cm³/mol. The topological polar surface area (TPSA) is 84.9 Å². The second kappa shape index (κ2) is 12.1. The van der Waals surface area contributed by atoms with Crippen molar-refractivity contribution < 1.29 is 23.9 Å². The minimum atomic E-state index is -0.536. The molecule has 0 spiro atoms. The number of para-hydroxylation sites is 1. The smallest absolute Gasteiger partial charge is 0.294 e. The van der Waals surface area contributed by atoms with E-state index in [1.165, 1.54) is 7.11 Å². The van der Waals surface area contributed by atoms with Crippen molar-refractivity contribution in [1.82, 2.24) is 4.90 Å². The molecule has 0 bridgehead atoms. The summed E-state index contributed by atoms with van der Waals surface area (Å²) in [6.07, 6.45) is 1.58. The molecule has 0 atom stereocenters. The van der Waals surface area contributed by atoms with E-state index < -0.39 is 17.1 Å². The van der Waals surface area contributed by atoms with Crippen molar-refractivity contribution in [3.05, 3.63) is 91.3 Å². The Morgan fingerprint density at radius 2 is 1.82 bits per heavy atom. The van der Waals surface area contributed by atoms with E-state index in [2.05, 4.69) is 21.2 Å². The standard InChI is InChI=1S/C28H24BrClN2O5S/c1-16-7-6-8-17(2)25(16)31-24(33)14-32-27(34)23(38-28(32)35)13-18-11-20(29)26(22(12-18)36-3)37-15-19-9-4-5-10-21(19)30/h4-13H,14-15H2,1-3H3,(H,31,33)/b23-13+. The molecule has 1 heterocycles. The van der Waals surface area contributed by atoms with Crippen LogP contribution >= 0.6 is 39.3 Å². The van der Waals surface area contributed by atoms with Crippen LogP contribution in [0.25, 0.3) is 6.08 Å². The molecule has 3 aromatic carbocycles. The number of rotatable bonds is 8. The number of methoxy groups -OCH3 is 1. The lowest BCUT2D eigenvalue weighted by Gasteiger charge is -2.15. The number of amides is 3. The number of imide groups is 1. The summed E-state index contributed by atoms with van der Waals surface area (Å²) in [5, 5.41) is 2.89. The number of hydrogen-bond acceptors (Lipinski definition) is 6. The lowest BCUT2D eigenvalue weighted by Crippen LogP contribution is -2.36. The third kappa shape index (κ3) is 6.23. The Labute approximate surface area is 238 Å². The van der Waals surface area contributed by atoms with Crippen molar-refractivity contribution >= 4 is 68.1 Å². The molecule has 3 amide bonds. The highest BCUT2D eigenvalue weighted by atomic mass is 79.9. The van der Waals surface area contributed by atoms with Gasteiger partial charge in [0.15, 0.2) is 11.5 Å². The zero-order valence-electron chi connectivity index (χ0n) is 20.8. The van der Waals surface area contributed by atoms with Gasteiger partial charge in [-0.2, -0.15) is 0 Å². The van der Waals surface area contributed by atoms with Crippen molar-refractivity contribution in [3.8, 4) is 11.5 Å². The average Bonchev–Trinajstić information content (AvgIpc) is 3.13. The number of ether oxygens (including phenoxy) is 2. The molecule has 10 heteroatoms. The number of carbonyl (C=O) groups excluding carboxylic acids is 3. The average molecular weight is 616 g/mol. The first-order valence-corrected chi connectivity index (χ1v) is 13.5. The maximum Gasteiger partial charge on any atom is 0.294 e. The Kier molecular flexibility index (Phi) is 8.81. The number of nitrogens with zero attached hydrogens (tertiary/aromatic N) is 1. The van der Waals surface area contributed by atoms with Crippen LogP contribution in [0.3, 0.4) is 0 Å². The number of benzene rings is 3. The maximum atomic E-state index is 13.0. The van der Waals surface area contributed by atoms with E-state index in [0.717, 1.165) is 33.4 Å². The number of hydrogen-bond donors (Lipinski definition) is 1. The van der Waals surface area contributed by atoms with E-state index in [1.54, 1.807) is 24.3 Å². The van der Waals surface area contributed by atoms with Gasteiger partial charge in [0.05, 0.1) is 16.5 Å². The summed E-state index contributed by atoms with van der Waals surface area (Å²) >= 11 is 10.5. The molecular weight excluding hydrogens is 592 g/mol. The van der Waals surface area contributed by atoms with Gasteiger partial charge < -0.3 is 14.8 Å². The number of thioether (sulfide) groups is 1. The minimum absolute atomic E-state index is 0.202. The zero-order chi connectivity index (χ0) is 27.4. The molecule has 0 aliphatic carbocycles. The maximum absolute atomic E-state index is 13.0. The van der Waals surface area contributed by atoms with Gasteiger partial charge in [-0.15, -0.1) is 0 Å². The zero-order valence-corrected chi connectivity index (χ0v) is 24.0. The van der Waals surface area contributed by atoms with Crippen molar-refractivity contribution in [1.29, 1.82) is 0 Å². The van der Waals surface area contributed by atoms with Crippen LogP contribution in [0.1, 0.15) is 22.3 Å². The summed E-state index contributed by atoms with van der Waals surface area (Å²) in [6.45, 7) is 3.62. The summed E-state index contributed by atoms with van der Waals surface area (Å²) in [5.74, 6) is -0.0769. The third-order valence-corrected chi connectivity index (χ3v) is 7.67. The van der Waals surface area contributed by atoms with Crippen LogP contribution in [-0.2, 0) is 16.2 Å². The van der Waals surface area contributed by atoms with Crippen LogP contribution in [0.15, 0.2) is 64.0 Å². The lowest BCUT2D eigenvalue weighted by atomic mass is 10.1. The number of carbonyl (C=O) groups is 3. The van der Waals surface area contributed by atoms with Gasteiger partial charge in [-0.1, -0.05) is 48.0 Å². The molecule has 0 saturated carbocycles. The first kappa shape index (κ1) is 27.8. The molecule has 1 saturated heterocycles. The largest absolute Gasteiger partial charge is 0.493 e.